The molecule has 10 rings (SSSR count). The van der Waals surface area contributed by atoms with Crippen molar-refractivity contribution in [3.8, 4) is 22.3 Å². The fourth-order valence-corrected chi connectivity index (χ4v) is 9.69. The Bertz CT molecular complexity index is 3000. The summed E-state index contributed by atoms with van der Waals surface area (Å²) in [6.07, 6.45) is 0. The molecular weight excluding hydrogens is 725 g/mol. The number of nitrogens with zero attached hydrogens (tertiary/aromatic N) is 2. The van der Waals surface area contributed by atoms with E-state index in [1.807, 2.05) is 0 Å². The van der Waals surface area contributed by atoms with Crippen molar-refractivity contribution in [2.75, 3.05) is 9.80 Å². The molecule has 0 aromatic heterocycles. The van der Waals surface area contributed by atoms with E-state index in [-0.39, 0.29) is 0 Å². The number of aryl methyl sites for hydroxylation is 4. The van der Waals surface area contributed by atoms with Crippen molar-refractivity contribution in [1.82, 2.24) is 0 Å². The third kappa shape index (κ3) is 6.19. The number of hydrogen-bond acceptors (Lipinski definition) is 2. The topological polar surface area (TPSA) is 6.48 Å². The second kappa shape index (κ2) is 14.9. The van der Waals surface area contributed by atoms with Gasteiger partial charge >= 0.3 is 0 Å². The summed E-state index contributed by atoms with van der Waals surface area (Å²) in [6, 6.07) is 67.3. The molecule has 0 amide bonds. The Kier molecular flexibility index (Phi) is 9.22. The molecule has 2 heteroatoms. The highest BCUT2D eigenvalue weighted by Gasteiger charge is 2.26. The minimum absolute atomic E-state index is 1.15. The molecule has 10 aromatic carbocycles. The Morgan fingerprint density at radius 2 is 0.733 bits per heavy atom. The van der Waals surface area contributed by atoms with E-state index < -0.39 is 0 Å². The third-order valence-corrected chi connectivity index (χ3v) is 12.5. The van der Waals surface area contributed by atoms with Gasteiger partial charge in [0.1, 0.15) is 0 Å². The van der Waals surface area contributed by atoms with Gasteiger partial charge in [-0.2, -0.15) is 0 Å². The smallest absolute Gasteiger partial charge is 0.0540 e. The summed E-state index contributed by atoms with van der Waals surface area (Å²) in [4.78, 5) is 5.02. The SMILES string of the molecule is Cc1cccc(N(c2c(C)ccc(-c3ccccc3)c2C)c2ccc3ccc4c(N(c5cccc(C)c5)c5c(C)ccc(-c6ccccc6)c5C)ccc5ccc2c3c54)c1. The van der Waals surface area contributed by atoms with Gasteiger partial charge in [-0.3, -0.25) is 0 Å². The van der Waals surface area contributed by atoms with E-state index >= 15 is 0 Å². The Balaban J connectivity index is 1.25. The van der Waals surface area contributed by atoms with Crippen LogP contribution in [0, 0.1) is 41.5 Å². The van der Waals surface area contributed by atoms with Crippen LogP contribution in [0.1, 0.15) is 33.4 Å². The molecule has 0 bridgehead atoms. The summed E-state index contributed by atoms with van der Waals surface area (Å²) in [5, 5.41) is 7.50. The number of anilines is 6. The van der Waals surface area contributed by atoms with Crippen molar-refractivity contribution < 1.29 is 0 Å². The van der Waals surface area contributed by atoms with E-state index in [1.165, 1.54) is 111 Å². The first-order valence-electron chi connectivity index (χ1n) is 21.0. The lowest BCUT2D eigenvalue weighted by atomic mass is 9.90. The highest BCUT2D eigenvalue weighted by Crippen LogP contribution is 2.50. The number of rotatable bonds is 8. The van der Waals surface area contributed by atoms with Crippen LogP contribution in [-0.4, -0.2) is 0 Å². The fraction of sp³-hybridized carbons (Fsp3) is 0.103. The van der Waals surface area contributed by atoms with E-state index in [1.54, 1.807) is 0 Å². The molecule has 0 spiro atoms. The standard InChI is InChI=1S/C58H48N2/c1-37-15-13-21-47(35-37)59(57-39(3)23-29-49(41(57)5)43-17-9-7-10-18-43)53-33-27-45-26-32-52-54(34-28-46-25-31-51(53)55(45)56(46)52)60(48-22-14-16-38(2)36-48)58-40(4)24-30-50(42(58)6)44-19-11-8-12-20-44/h7-36H,1-6H3. The molecule has 10 aromatic rings. The van der Waals surface area contributed by atoms with Gasteiger partial charge in [-0.1, -0.05) is 146 Å². The zero-order valence-electron chi connectivity index (χ0n) is 35.2. The fourth-order valence-electron chi connectivity index (χ4n) is 9.69. The van der Waals surface area contributed by atoms with Crippen molar-refractivity contribution in [3.05, 3.63) is 215 Å². The van der Waals surface area contributed by atoms with Crippen molar-refractivity contribution in [2.45, 2.75) is 41.5 Å². The molecule has 0 unspecified atom stereocenters. The minimum atomic E-state index is 1.15. The highest BCUT2D eigenvalue weighted by atomic mass is 15.2. The van der Waals surface area contributed by atoms with Crippen LogP contribution in [0.25, 0.3) is 54.6 Å². The first-order valence-corrected chi connectivity index (χ1v) is 21.0. The molecule has 290 valence electrons. The van der Waals surface area contributed by atoms with Crippen LogP contribution >= 0.6 is 0 Å². The van der Waals surface area contributed by atoms with E-state index in [4.69, 9.17) is 0 Å². The molecule has 0 saturated heterocycles. The third-order valence-electron chi connectivity index (χ3n) is 12.5. The molecule has 2 nitrogen and oxygen atoms in total. The van der Waals surface area contributed by atoms with Gasteiger partial charge in [0, 0.05) is 22.1 Å². The Hall–Kier alpha value is -7.16. The molecule has 0 radical (unpaired) electrons. The van der Waals surface area contributed by atoms with Crippen LogP contribution in [0.3, 0.4) is 0 Å². The lowest BCUT2D eigenvalue weighted by molar-refractivity contribution is 1.22. The Morgan fingerprint density at radius 3 is 1.13 bits per heavy atom. The van der Waals surface area contributed by atoms with Crippen molar-refractivity contribution >= 4 is 66.4 Å². The monoisotopic (exact) mass is 772 g/mol. The molecule has 0 aliphatic carbocycles. The maximum atomic E-state index is 2.51. The maximum Gasteiger partial charge on any atom is 0.0540 e. The van der Waals surface area contributed by atoms with Crippen molar-refractivity contribution in [2.24, 2.45) is 0 Å². The summed E-state index contributed by atoms with van der Waals surface area (Å²) in [5.41, 5.74) is 19.4. The Labute approximate surface area is 354 Å². The van der Waals surface area contributed by atoms with E-state index in [2.05, 4.69) is 233 Å². The van der Waals surface area contributed by atoms with Crippen LogP contribution in [0.4, 0.5) is 34.1 Å². The summed E-state index contributed by atoms with van der Waals surface area (Å²) < 4.78 is 0. The van der Waals surface area contributed by atoms with Gasteiger partial charge in [-0.05, 0) is 155 Å². The highest BCUT2D eigenvalue weighted by molar-refractivity contribution is 6.28. The predicted octanol–water partition coefficient (Wildman–Crippen LogP) is 16.7. The molecule has 0 N–H and O–H groups in total. The maximum absolute atomic E-state index is 2.51. The summed E-state index contributed by atoms with van der Waals surface area (Å²) >= 11 is 0. The lowest BCUT2D eigenvalue weighted by Gasteiger charge is -2.32. The first kappa shape index (κ1) is 37.1. The molecule has 0 aliphatic heterocycles. The van der Waals surface area contributed by atoms with E-state index in [0.29, 0.717) is 0 Å². The first-order chi connectivity index (χ1) is 29.3. The summed E-state index contributed by atoms with van der Waals surface area (Å²) in [6.45, 7) is 13.4. The van der Waals surface area contributed by atoms with Crippen molar-refractivity contribution in [3.63, 3.8) is 0 Å². The van der Waals surface area contributed by atoms with Gasteiger partial charge in [0.15, 0.2) is 0 Å². The molecule has 0 fully saturated rings. The molecule has 0 aliphatic rings. The quantitative estimate of drug-likeness (QED) is 0.142. The lowest BCUT2D eigenvalue weighted by Crippen LogP contribution is -2.15. The zero-order chi connectivity index (χ0) is 41.1. The molecule has 0 atom stereocenters. The van der Waals surface area contributed by atoms with E-state index in [9.17, 15) is 0 Å². The normalized spacial score (nSPS) is 11.5. The van der Waals surface area contributed by atoms with Gasteiger partial charge < -0.3 is 9.80 Å². The number of benzene rings is 10. The summed E-state index contributed by atoms with van der Waals surface area (Å²) in [5.74, 6) is 0. The Morgan fingerprint density at radius 1 is 0.333 bits per heavy atom. The second-order valence-corrected chi connectivity index (χ2v) is 16.5. The van der Waals surface area contributed by atoms with Crippen LogP contribution in [0.15, 0.2) is 182 Å². The zero-order valence-corrected chi connectivity index (χ0v) is 35.2. The molecular formula is C58H48N2. The van der Waals surface area contributed by atoms with Gasteiger partial charge in [0.2, 0.25) is 0 Å². The summed E-state index contributed by atoms with van der Waals surface area (Å²) in [7, 11) is 0. The average molecular weight is 773 g/mol. The molecule has 0 saturated carbocycles. The minimum Gasteiger partial charge on any atom is -0.309 e. The molecule has 0 heterocycles. The average Bonchev–Trinajstić information content (AvgIpc) is 3.26. The predicted molar refractivity (Wildman–Crippen MR) is 259 cm³/mol. The van der Waals surface area contributed by atoms with E-state index in [0.717, 1.165) is 11.4 Å². The van der Waals surface area contributed by atoms with Gasteiger partial charge in [0.05, 0.1) is 22.7 Å². The van der Waals surface area contributed by atoms with Crippen LogP contribution < -0.4 is 9.80 Å². The second-order valence-electron chi connectivity index (χ2n) is 16.5. The largest absolute Gasteiger partial charge is 0.309 e. The van der Waals surface area contributed by atoms with Gasteiger partial charge in [-0.15, -0.1) is 0 Å². The van der Waals surface area contributed by atoms with Gasteiger partial charge in [-0.25, -0.2) is 0 Å². The number of hydrogen-bond donors (Lipinski definition) is 0. The van der Waals surface area contributed by atoms with Crippen molar-refractivity contribution in [1.29, 1.82) is 0 Å². The van der Waals surface area contributed by atoms with Gasteiger partial charge in [0.25, 0.3) is 0 Å². The van der Waals surface area contributed by atoms with Crippen LogP contribution in [0.5, 0.6) is 0 Å². The van der Waals surface area contributed by atoms with Crippen LogP contribution in [0.2, 0.25) is 0 Å². The molecule has 60 heavy (non-hydrogen) atoms. The van der Waals surface area contributed by atoms with Crippen LogP contribution in [-0.2, 0) is 0 Å².